The number of carbonyl (C=O) groups is 6. The van der Waals surface area contributed by atoms with Gasteiger partial charge in [-0.25, -0.2) is 24.0 Å². The molecule has 6 rings (SSSR count). The number of carbonyl (C=O) groups excluding carboxylic acids is 1. The highest BCUT2D eigenvalue weighted by atomic mass is 16.8. The second kappa shape index (κ2) is 26.9. The minimum atomic E-state index is -3.30. The summed E-state index contributed by atoms with van der Waals surface area (Å²) in [5, 5.41) is 210. The van der Waals surface area contributed by atoms with E-state index in [4.69, 9.17) is 47.4 Å². The predicted octanol–water partition coefficient (Wildman–Crippen LogP) is -9.01. The Balaban J connectivity index is 1.24. The maximum absolute atomic E-state index is 13.3. The Morgan fingerprint density at radius 3 is 1.21 bits per heavy atom. The third-order valence-electron chi connectivity index (χ3n) is 16.8. The molecule has 20 N–H and O–H groups in total. The quantitative estimate of drug-likeness (QED) is 0.0452. The Bertz CT molecular complexity index is 2370. The monoisotopic (exact) mass is 1240 g/mol. The molecule has 6 aliphatic heterocycles. The Labute approximate surface area is 481 Å². The second-order valence-corrected chi connectivity index (χ2v) is 22.6. The van der Waals surface area contributed by atoms with Crippen LogP contribution in [0.2, 0.25) is 0 Å². The Kier molecular flexibility index (Phi) is 22.1. The number of ether oxygens (including phenoxy) is 10. The van der Waals surface area contributed by atoms with Crippen molar-refractivity contribution in [3.8, 4) is 0 Å². The van der Waals surface area contributed by atoms with Gasteiger partial charge in [0.1, 0.15) is 54.9 Å². The van der Waals surface area contributed by atoms with Crippen molar-refractivity contribution in [2.75, 3.05) is 26.4 Å². The highest BCUT2D eigenvalue weighted by Crippen LogP contribution is 2.45. The number of aliphatic carboxylic acids is 5. The lowest BCUT2D eigenvalue weighted by Gasteiger charge is -2.51. The lowest BCUT2D eigenvalue weighted by Crippen LogP contribution is -2.70. The van der Waals surface area contributed by atoms with Gasteiger partial charge in [0.25, 0.3) is 28.9 Å². The number of fused-ring (bicyclic) bond motifs is 2. The van der Waals surface area contributed by atoms with E-state index in [2.05, 4.69) is 5.32 Å². The summed E-state index contributed by atoms with van der Waals surface area (Å²) in [6.45, 7) is 0.794. The molecule has 7 unspecified atom stereocenters. The number of rotatable bonds is 23. The molecule has 488 valence electrons. The smallest absolute Gasteiger partial charge is 0.364 e. The molecule has 6 saturated heterocycles. The van der Waals surface area contributed by atoms with Crippen LogP contribution in [0.5, 0.6) is 0 Å². The number of nitrogens with one attached hydrogen (secondary N) is 1. The third kappa shape index (κ3) is 13.9. The highest BCUT2D eigenvalue weighted by molar-refractivity contribution is 5.78. The predicted molar refractivity (Wildman–Crippen MR) is 263 cm³/mol. The summed E-state index contributed by atoms with van der Waals surface area (Å²) < 4.78 is 56.4. The van der Waals surface area contributed by atoms with Crippen molar-refractivity contribution in [3.05, 3.63) is 0 Å². The standard InChI is InChI=1S/C49H77NO35/c1-15-20(55)6-45(75,40(65)66)81-34(15)30(60)25(11-51)77-46(41(67)68)7-21(56)16(2)35(82-46)31(61)26(12-52)78-47(42(69)70)8-22(57)17(3)36(83-47)32(62)27(13-53)79-48(43(71)72)9-23(58)18(4)37(84-48)33(63)28-14-76-39(64)38-29(50-19(5)54)24(59)10-49(80-28,85-38)44(73)74/h15-18,20-39,51-53,55-64,75H,6-14H2,1-5H3,(H,50,54)(H,65,66)(H,67,68)(H,69,70)(H,71,72)(H,73,74)/t15-,16-,17-,18-,20-,21-,22-,23-,24?,25-,26-,27-,28-,29-,30-,31-,32-,33-,34?,35?,36?,37?,38?,39?,45+,46-,47-,48-,49-/m1/s1. The minimum Gasteiger partial charge on any atom is -0.477 e. The summed E-state index contributed by atoms with van der Waals surface area (Å²) in [6.07, 6.45) is -44.7. The molecule has 6 fully saturated rings. The van der Waals surface area contributed by atoms with Crippen LogP contribution >= 0.6 is 0 Å². The van der Waals surface area contributed by atoms with Crippen LogP contribution < -0.4 is 5.32 Å². The van der Waals surface area contributed by atoms with Crippen LogP contribution in [0, 0.1) is 23.7 Å². The molecule has 6 heterocycles. The van der Waals surface area contributed by atoms with Crippen molar-refractivity contribution >= 4 is 35.8 Å². The summed E-state index contributed by atoms with van der Waals surface area (Å²) in [7, 11) is 0. The summed E-state index contributed by atoms with van der Waals surface area (Å²) in [6, 6.07) is -1.44. The van der Waals surface area contributed by atoms with Gasteiger partial charge < -0.3 is 150 Å². The molecule has 6 aliphatic rings. The fourth-order valence-corrected chi connectivity index (χ4v) is 11.5. The number of hydrogen-bond acceptors (Lipinski definition) is 30. The first kappa shape index (κ1) is 70.0. The summed E-state index contributed by atoms with van der Waals surface area (Å²) in [4.78, 5) is 76.2. The molecule has 36 heteroatoms. The Morgan fingerprint density at radius 1 is 0.494 bits per heavy atom. The van der Waals surface area contributed by atoms with Crippen molar-refractivity contribution in [2.45, 2.75) is 218 Å². The zero-order valence-electron chi connectivity index (χ0n) is 46.2. The van der Waals surface area contributed by atoms with Gasteiger partial charge in [0.05, 0.1) is 87.4 Å². The maximum atomic E-state index is 13.3. The molecule has 85 heavy (non-hydrogen) atoms. The number of carboxylic acid groups (broad SMARTS) is 5. The molecule has 1 amide bonds. The van der Waals surface area contributed by atoms with Crippen LogP contribution in [0.1, 0.15) is 66.7 Å². The fraction of sp³-hybridized carbons (Fsp3) is 0.878. The van der Waals surface area contributed by atoms with E-state index in [1.165, 1.54) is 27.7 Å². The van der Waals surface area contributed by atoms with Gasteiger partial charge in [0.15, 0.2) is 6.29 Å². The summed E-state index contributed by atoms with van der Waals surface area (Å²) in [5.74, 6) is -32.1. The SMILES string of the molecule is CC(=O)N[C@@H]1C(O)C[C@]2(C(=O)O)OC1C(O)OC[C@H]([C@@H](O)C1O[C@@](O[C@H](CO)[C@@H](O)C3O[C@@](O[C@H](CO)[C@@H](O)C4O[C@@](O[C@H](CO)[C@@H](O)C5O[C@](O)(C(=O)O)C[C@@H](O)[C@H]5C)(C(=O)O)C[C@@H](O)[C@H]4C)(C(=O)O)C[C@@H](O)[C@H]3C)(C(=O)O)C[C@@H](O)[C@H]1C)O2. The van der Waals surface area contributed by atoms with Gasteiger partial charge >= 0.3 is 29.8 Å². The van der Waals surface area contributed by atoms with Gasteiger partial charge in [0, 0.05) is 62.7 Å². The molecule has 0 aromatic heterocycles. The molecule has 0 radical (unpaired) electrons. The Hall–Kier alpha value is -4.14. The third-order valence-corrected chi connectivity index (χ3v) is 16.8. The van der Waals surface area contributed by atoms with Crippen LogP contribution in [0.4, 0.5) is 0 Å². The van der Waals surface area contributed by atoms with Gasteiger partial charge in [-0.05, 0) is 0 Å². The van der Waals surface area contributed by atoms with Crippen LogP contribution in [0.15, 0.2) is 0 Å². The van der Waals surface area contributed by atoms with E-state index in [1.54, 1.807) is 0 Å². The first-order valence-corrected chi connectivity index (χ1v) is 27.0. The number of aliphatic hydroxyl groups is 14. The molecule has 0 spiro atoms. The van der Waals surface area contributed by atoms with E-state index in [0.717, 1.165) is 6.92 Å². The van der Waals surface area contributed by atoms with Gasteiger partial charge in [-0.2, -0.15) is 0 Å². The van der Waals surface area contributed by atoms with Crippen molar-refractivity contribution in [1.82, 2.24) is 5.32 Å². The number of aliphatic hydroxyl groups excluding tert-OH is 13. The fourth-order valence-electron chi connectivity index (χ4n) is 11.5. The van der Waals surface area contributed by atoms with Crippen molar-refractivity contribution in [2.24, 2.45) is 23.7 Å². The van der Waals surface area contributed by atoms with Gasteiger partial charge in [-0.15, -0.1) is 0 Å². The number of amides is 1. The maximum Gasteiger partial charge on any atom is 0.364 e. The number of hydrogen-bond donors (Lipinski definition) is 20. The molecule has 0 aromatic rings. The first-order chi connectivity index (χ1) is 39.4. The van der Waals surface area contributed by atoms with Crippen LogP contribution in [0.25, 0.3) is 0 Å². The average molecular weight is 1240 g/mol. The molecular weight excluding hydrogens is 1160 g/mol. The van der Waals surface area contributed by atoms with Crippen LogP contribution in [0.3, 0.4) is 0 Å². The number of carboxylic acids is 5. The lowest BCUT2D eigenvalue weighted by atomic mass is 9.83. The summed E-state index contributed by atoms with van der Waals surface area (Å²) in [5.41, 5.74) is 0. The van der Waals surface area contributed by atoms with Crippen LogP contribution in [-0.2, 0) is 76.1 Å². The van der Waals surface area contributed by atoms with E-state index in [-0.39, 0.29) is 0 Å². The molecule has 0 aliphatic carbocycles. The zero-order chi connectivity index (χ0) is 64.0. The van der Waals surface area contributed by atoms with Gasteiger partial charge in [-0.3, -0.25) is 4.79 Å². The van der Waals surface area contributed by atoms with E-state index in [0.29, 0.717) is 0 Å². The van der Waals surface area contributed by atoms with Gasteiger partial charge in [-0.1, -0.05) is 27.7 Å². The summed E-state index contributed by atoms with van der Waals surface area (Å²) >= 11 is 0. The van der Waals surface area contributed by atoms with Crippen molar-refractivity contribution < 1.29 is 173 Å². The average Bonchev–Trinajstić information content (AvgIpc) is 1.10. The molecule has 0 aromatic carbocycles. The Morgan fingerprint density at radius 2 is 0.859 bits per heavy atom. The molecule has 29 atom stereocenters. The van der Waals surface area contributed by atoms with E-state index >= 15 is 0 Å². The first-order valence-electron chi connectivity index (χ1n) is 27.0. The zero-order valence-corrected chi connectivity index (χ0v) is 46.2. The second-order valence-electron chi connectivity index (χ2n) is 22.6. The topological polar surface area (TPSA) is 591 Å². The van der Waals surface area contributed by atoms with E-state index in [9.17, 15) is 126 Å². The van der Waals surface area contributed by atoms with Crippen molar-refractivity contribution in [3.63, 3.8) is 0 Å². The normalized spacial score (nSPS) is 44.2. The molecule has 36 nitrogen and oxygen atoms in total. The minimum absolute atomic E-state index is 0.720. The molecular formula is C49H77NO35. The van der Waals surface area contributed by atoms with Gasteiger partial charge in [0.2, 0.25) is 5.91 Å². The van der Waals surface area contributed by atoms with E-state index in [1.807, 2.05) is 0 Å². The van der Waals surface area contributed by atoms with Crippen molar-refractivity contribution in [1.29, 1.82) is 0 Å². The van der Waals surface area contributed by atoms with Crippen LogP contribution in [-0.4, -0.2) is 310 Å². The van der Waals surface area contributed by atoms with E-state index < -0.39 is 269 Å². The highest BCUT2D eigenvalue weighted by Gasteiger charge is 2.64. The lowest BCUT2D eigenvalue weighted by molar-refractivity contribution is -0.381. The molecule has 2 bridgehead atoms. The molecule has 0 saturated carbocycles. The largest absolute Gasteiger partial charge is 0.477 e.